The average Bonchev–Trinajstić information content (AvgIpc) is 3.01. The summed E-state index contributed by atoms with van der Waals surface area (Å²) in [4.78, 5) is 26.6. The number of nitrogens with one attached hydrogen (secondary N) is 1. The number of non-ortho nitro benzene ring substituents is 1. The van der Waals surface area contributed by atoms with E-state index in [9.17, 15) is 14.9 Å². The second kappa shape index (κ2) is 7.41. The predicted molar refractivity (Wildman–Crippen MR) is 95.3 cm³/mol. The monoisotopic (exact) mass is 359 g/mol. The first-order valence-electron chi connectivity index (χ1n) is 7.10. The van der Waals surface area contributed by atoms with E-state index in [-0.39, 0.29) is 17.3 Å². The Labute approximate surface area is 146 Å². The van der Waals surface area contributed by atoms with Crippen molar-refractivity contribution in [3.63, 3.8) is 0 Å². The molecule has 0 aliphatic carbocycles. The Morgan fingerprint density at radius 2 is 2.04 bits per heavy atom. The number of benzene rings is 2. The maximum Gasteiger partial charge on any atom is 0.270 e. The van der Waals surface area contributed by atoms with Gasteiger partial charge in [0, 0.05) is 18.7 Å². The molecule has 122 valence electrons. The van der Waals surface area contributed by atoms with Crippen molar-refractivity contribution >= 4 is 44.9 Å². The third-order valence-corrected chi connectivity index (χ3v) is 5.38. The molecule has 1 amide bonds. The van der Waals surface area contributed by atoms with E-state index in [2.05, 4.69) is 10.3 Å². The van der Waals surface area contributed by atoms with E-state index in [4.69, 9.17) is 0 Å². The molecule has 8 heteroatoms. The van der Waals surface area contributed by atoms with Crippen LogP contribution in [0.4, 0.5) is 5.69 Å². The number of rotatable bonds is 6. The fourth-order valence-corrected chi connectivity index (χ4v) is 3.97. The van der Waals surface area contributed by atoms with Gasteiger partial charge < -0.3 is 5.32 Å². The number of nitro benzene ring substituents is 1. The molecule has 0 spiro atoms. The molecule has 3 aromatic rings. The summed E-state index contributed by atoms with van der Waals surface area (Å²) in [6.45, 7) is 0.492. The summed E-state index contributed by atoms with van der Waals surface area (Å²) in [7, 11) is 0. The maximum atomic E-state index is 11.9. The van der Waals surface area contributed by atoms with Crippen LogP contribution in [0, 0.1) is 10.1 Å². The quantitative estimate of drug-likeness (QED) is 0.413. The van der Waals surface area contributed by atoms with Crippen molar-refractivity contribution < 1.29 is 9.72 Å². The zero-order valence-corrected chi connectivity index (χ0v) is 14.1. The van der Waals surface area contributed by atoms with E-state index in [1.807, 2.05) is 30.3 Å². The summed E-state index contributed by atoms with van der Waals surface area (Å²) in [6.07, 6.45) is 0. The van der Waals surface area contributed by atoms with Crippen LogP contribution in [0.3, 0.4) is 0 Å². The first kappa shape index (κ1) is 16.4. The molecule has 6 nitrogen and oxygen atoms in total. The normalized spacial score (nSPS) is 10.7. The highest BCUT2D eigenvalue weighted by molar-refractivity contribution is 8.01. The molecule has 3 rings (SSSR count). The summed E-state index contributed by atoms with van der Waals surface area (Å²) in [5, 5.41) is 13.6. The number of aromatic nitrogens is 1. The Balaban J connectivity index is 1.57. The predicted octanol–water partition coefficient (Wildman–Crippen LogP) is 3.61. The number of thioether (sulfide) groups is 1. The molecule has 0 aliphatic heterocycles. The lowest BCUT2D eigenvalue weighted by Crippen LogP contribution is -2.24. The second-order valence-electron chi connectivity index (χ2n) is 4.94. The summed E-state index contributed by atoms with van der Waals surface area (Å²) in [6, 6.07) is 14.3. The third-order valence-electron chi connectivity index (χ3n) is 3.22. The number of thiazole rings is 1. The van der Waals surface area contributed by atoms with E-state index in [0.29, 0.717) is 12.1 Å². The Bertz CT molecular complexity index is 881. The second-order valence-corrected chi connectivity index (χ2v) is 7.19. The van der Waals surface area contributed by atoms with Gasteiger partial charge in [-0.1, -0.05) is 42.1 Å². The largest absolute Gasteiger partial charge is 0.351 e. The van der Waals surface area contributed by atoms with E-state index in [0.717, 1.165) is 14.6 Å². The van der Waals surface area contributed by atoms with Crippen LogP contribution < -0.4 is 5.32 Å². The van der Waals surface area contributed by atoms with Crippen molar-refractivity contribution in [1.82, 2.24) is 10.3 Å². The number of fused-ring (bicyclic) bond motifs is 1. The number of amides is 1. The van der Waals surface area contributed by atoms with E-state index >= 15 is 0 Å². The van der Waals surface area contributed by atoms with Gasteiger partial charge in [-0.15, -0.1) is 11.3 Å². The number of hydrogen-bond donors (Lipinski definition) is 1. The lowest BCUT2D eigenvalue weighted by atomic mass is 10.2. The van der Waals surface area contributed by atoms with Crippen molar-refractivity contribution in [3.8, 4) is 0 Å². The van der Waals surface area contributed by atoms with Gasteiger partial charge in [-0.25, -0.2) is 4.98 Å². The van der Waals surface area contributed by atoms with E-state index in [1.54, 1.807) is 6.07 Å². The van der Waals surface area contributed by atoms with Crippen LogP contribution in [0.2, 0.25) is 0 Å². The van der Waals surface area contributed by atoms with Crippen molar-refractivity contribution in [3.05, 3.63) is 64.2 Å². The molecular weight excluding hydrogens is 346 g/mol. The van der Waals surface area contributed by atoms with Crippen LogP contribution in [0.25, 0.3) is 10.2 Å². The van der Waals surface area contributed by atoms with Gasteiger partial charge in [-0.05, 0) is 11.6 Å². The third kappa shape index (κ3) is 4.09. The minimum Gasteiger partial charge on any atom is -0.351 e. The Morgan fingerprint density at radius 1 is 1.25 bits per heavy atom. The topological polar surface area (TPSA) is 85.1 Å². The summed E-state index contributed by atoms with van der Waals surface area (Å²) >= 11 is 2.68. The van der Waals surface area contributed by atoms with Gasteiger partial charge in [0.1, 0.15) is 0 Å². The van der Waals surface area contributed by atoms with Gasteiger partial charge in [0.15, 0.2) is 4.34 Å². The summed E-state index contributed by atoms with van der Waals surface area (Å²) in [5.41, 5.74) is 1.80. The van der Waals surface area contributed by atoms with Crippen molar-refractivity contribution in [2.75, 3.05) is 5.75 Å². The summed E-state index contributed by atoms with van der Waals surface area (Å²) in [5.74, 6) is 0.184. The van der Waals surface area contributed by atoms with Gasteiger partial charge in [0.25, 0.3) is 5.69 Å². The first-order chi connectivity index (χ1) is 11.6. The van der Waals surface area contributed by atoms with Crippen LogP contribution >= 0.6 is 23.1 Å². The average molecular weight is 359 g/mol. The van der Waals surface area contributed by atoms with E-state index in [1.165, 1.54) is 35.2 Å². The van der Waals surface area contributed by atoms with Crippen molar-refractivity contribution in [1.29, 1.82) is 0 Å². The van der Waals surface area contributed by atoms with Crippen LogP contribution in [-0.4, -0.2) is 21.6 Å². The SMILES string of the molecule is O=C(CSc1nc2ccc([N+](=O)[O-])cc2s1)NCc1ccccc1. The van der Waals surface area contributed by atoms with Gasteiger partial charge in [0.05, 0.1) is 20.9 Å². The van der Waals surface area contributed by atoms with Gasteiger partial charge in [-0.2, -0.15) is 0 Å². The molecule has 24 heavy (non-hydrogen) atoms. The van der Waals surface area contributed by atoms with Crippen molar-refractivity contribution in [2.45, 2.75) is 10.9 Å². The lowest BCUT2D eigenvalue weighted by molar-refractivity contribution is -0.384. The van der Waals surface area contributed by atoms with E-state index < -0.39 is 4.92 Å². The van der Waals surface area contributed by atoms with Gasteiger partial charge in [0.2, 0.25) is 5.91 Å². The smallest absolute Gasteiger partial charge is 0.270 e. The zero-order chi connectivity index (χ0) is 16.9. The number of nitrogens with zero attached hydrogens (tertiary/aromatic N) is 2. The van der Waals surface area contributed by atoms with Crippen LogP contribution in [0.1, 0.15) is 5.56 Å². The van der Waals surface area contributed by atoms with Gasteiger partial charge >= 0.3 is 0 Å². The Hall–Kier alpha value is -2.45. The molecule has 0 unspecified atom stereocenters. The molecule has 0 saturated heterocycles. The lowest BCUT2D eigenvalue weighted by Gasteiger charge is -2.03. The maximum absolute atomic E-state index is 11.9. The molecule has 1 aromatic heterocycles. The Kier molecular flexibility index (Phi) is 5.07. The molecule has 0 saturated carbocycles. The molecular formula is C16H13N3O3S2. The molecule has 0 bridgehead atoms. The minimum atomic E-state index is -0.428. The fourth-order valence-electron chi connectivity index (χ4n) is 2.04. The molecule has 0 aliphatic rings. The highest BCUT2D eigenvalue weighted by atomic mass is 32.2. The number of carbonyl (C=O) groups excluding carboxylic acids is 1. The number of nitro groups is 1. The van der Waals surface area contributed by atoms with Crippen LogP contribution in [-0.2, 0) is 11.3 Å². The standard InChI is InChI=1S/C16H13N3O3S2/c20-15(17-9-11-4-2-1-3-5-11)10-23-16-18-13-7-6-12(19(21)22)8-14(13)24-16/h1-8H,9-10H2,(H,17,20). The molecule has 1 heterocycles. The summed E-state index contributed by atoms with van der Waals surface area (Å²) < 4.78 is 1.47. The fraction of sp³-hybridized carbons (Fsp3) is 0.125. The van der Waals surface area contributed by atoms with Gasteiger partial charge in [-0.3, -0.25) is 14.9 Å². The highest BCUT2D eigenvalue weighted by Crippen LogP contribution is 2.31. The minimum absolute atomic E-state index is 0.0447. The Morgan fingerprint density at radius 3 is 2.79 bits per heavy atom. The molecule has 2 aromatic carbocycles. The zero-order valence-electron chi connectivity index (χ0n) is 12.5. The highest BCUT2D eigenvalue weighted by Gasteiger charge is 2.11. The molecule has 1 N–H and O–H groups in total. The molecule has 0 atom stereocenters. The first-order valence-corrected chi connectivity index (χ1v) is 8.90. The number of carbonyl (C=O) groups is 1. The van der Waals surface area contributed by atoms with Crippen LogP contribution in [0.15, 0.2) is 52.9 Å². The van der Waals surface area contributed by atoms with Crippen LogP contribution in [0.5, 0.6) is 0 Å². The van der Waals surface area contributed by atoms with Crippen molar-refractivity contribution in [2.24, 2.45) is 0 Å². The number of hydrogen-bond acceptors (Lipinski definition) is 6. The molecule has 0 fully saturated rings. The molecule has 0 radical (unpaired) electrons.